The van der Waals surface area contributed by atoms with Crippen LogP contribution in [0.5, 0.6) is 0 Å². The first-order chi connectivity index (χ1) is 13.0. The number of hydrogen-bond acceptors (Lipinski definition) is 2. The maximum Gasteiger partial charge on any atom is 0.230 e. The van der Waals surface area contributed by atoms with Crippen LogP contribution in [0.25, 0.3) is 0 Å². The van der Waals surface area contributed by atoms with Crippen LogP contribution in [0.3, 0.4) is 0 Å². The van der Waals surface area contributed by atoms with E-state index in [1.807, 2.05) is 38.1 Å². The summed E-state index contributed by atoms with van der Waals surface area (Å²) < 4.78 is 19.1. The molecule has 2 aromatic rings. The van der Waals surface area contributed by atoms with Gasteiger partial charge in [0.25, 0.3) is 0 Å². The van der Waals surface area contributed by atoms with Crippen molar-refractivity contribution in [3.05, 3.63) is 71.0 Å². The van der Waals surface area contributed by atoms with Gasteiger partial charge in [-0.2, -0.15) is 0 Å². The molecule has 0 spiro atoms. The lowest BCUT2D eigenvalue weighted by molar-refractivity contribution is -0.126. The second kappa shape index (κ2) is 8.66. The Kier molecular flexibility index (Phi) is 6.27. The minimum absolute atomic E-state index is 0.0335. The first kappa shape index (κ1) is 19.6. The van der Waals surface area contributed by atoms with Crippen LogP contribution in [-0.2, 0) is 28.1 Å². The molecule has 1 aliphatic rings. The average Bonchev–Trinajstić information content (AvgIpc) is 3.16. The first-order valence-corrected chi connectivity index (χ1v) is 9.74. The highest BCUT2D eigenvalue weighted by molar-refractivity contribution is 5.88. The van der Waals surface area contributed by atoms with Crippen molar-refractivity contribution in [2.75, 3.05) is 0 Å². The van der Waals surface area contributed by atoms with Crippen LogP contribution in [0, 0.1) is 5.82 Å². The van der Waals surface area contributed by atoms with Crippen LogP contribution in [0.15, 0.2) is 48.5 Å². The van der Waals surface area contributed by atoms with E-state index in [-0.39, 0.29) is 17.8 Å². The second-order valence-electron chi connectivity index (χ2n) is 7.61. The van der Waals surface area contributed by atoms with Crippen LogP contribution in [0.4, 0.5) is 4.39 Å². The van der Waals surface area contributed by atoms with E-state index in [0.29, 0.717) is 13.2 Å². The molecule has 0 aliphatic heterocycles. The van der Waals surface area contributed by atoms with Gasteiger partial charge in [-0.15, -0.1) is 0 Å². The number of amides is 1. The molecule has 0 saturated heterocycles. The Balaban J connectivity index is 1.73. The SMILES string of the molecule is CC(C)OCc1ccccc1CNC(=O)C1(c2ccc(F)cc2)CCCC1. The summed E-state index contributed by atoms with van der Waals surface area (Å²) >= 11 is 0. The molecule has 144 valence electrons. The Morgan fingerprint density at radius 3 is 2.33 bits per heavy atom. The van der Waals surface area contributed by atoms with Crippen molar-refractivity contribution in [1.29, 1.82) is 0 Å². The van der Waals surface area contributed by atoms with Gasteiger partial charge in [-0.05, 0) is 55.5 Å². The van der Waals surface area contributed by atoms with Crippen molar-refractivity contribution in [2.24, 2.45) is 0 Å². The zero-order valence-electron chi connectivity index (χ0n) is 16.1. The molecule has 3 nitrogen and oxygen atoms in total. The van der Waals surface area contributed by atoms with Gasteiger partial charge in [-0.3, -0.25) is 4.79 Å². The minimum Gasteiger partial charge on any atom is -0.374 e. The third-order valence-corrected chi connectivity index (χ3v) is 5.42. The van der Waals surface area contributed by atoms with Gasteiger partial charge in [-0.25, -0.2) is 4.39 Å². The molecule has 1 N–H and O–H groups in total. The smallest absolute Gasteiger partial charge is 0.230 e. The summed E-state index contributed by atoms with van der Waals surface area (Å²) in [5, 5.41) is 3.13. The number of nitrogens with one attached hydrogen (secondary N) is 1. The van der Waals surface area contributed by atoms with Gasteiger partial charge >= 0.3 is 0 Å². The summed E-state index contributed by atoms with van der Waals surface area (Å²) in [7, 11) is 0. The van der Waals surface area contributed by atoms with Crippen LogP contribution in [-0.4, -0.2) is 12.0 Å². The fraction of sp³-hybridized carbons (Fsp3) is 0.435. The highest BCUT2D eigenvalue weighted by Crippen LogP contribution is 2.41. The molecule has 27 heavy (non-hydrogen) atoms. The van der Waals surface area contributed by atoms with Crippen molar-refractivity contribution < 1.29 is 13.9 Å². The van der Waals surface area contributed by atoms with E-state index >= 15 is 0 Å². The number of ether oxygens (including phenoxy) is 1. The predicted octanol–water partition coefficient (Wildman–Crippen LogP) is 4.88. The van der Waals surface area contributed by atoms with Gasteiger partial charge in [0, 0.05) is 6.54 Å². The number of halogens is 1. The fourth-order valence-electron chi connectivity index (χ4n) is 3.87. The van der Waals surface area contributed by atoms with E-state index in [0.717, 1.165) is 42.4 Å². The van der Waals surface area contributed by atoms with E-state index in [2.05, 4.69) is 5.32 Å². The third kappa shape index (κ3) is 4.56. The van der Waals surface area contributed by atoms with E-state index in [4.69, 9.17) is 4.74 Å². The summed E-state index contributed by atoms with van der Waals surface area (Å²) in [5.41, 5.74) is 2.53. The quantitative estimate of drug-likeness (QED) is 0.755. The molecular weight excluding hydrogens is 341 g/mol. The lowest BCUT2D eigenvalue weighted by Gasteiger charge is -2.28. The lowest BCUT2D eigenvalue weighted by Crippen LogP contribution is -2.42. The van der Waals surface area contributed by atoms with Gasteiger partial charge < -0.3 is 10.1 Å². The Morgan fingerprint density at radius 2 is 1.70 bits per heavy atom. The number of carbonyl (C=O) groups excluding carboxylic acids is 1. The molecule has 1 aliphatic carbocycles. The highest BCUT2D eigenvalue weighted by atomic mass is 19.1. The molecule has 1 amide bonds. The number of benzene rings is 2. The number of rotatable bonds is 7. The molecule has 0 unspecified atom stereocenters. The first-order valence-electron chi connectivity index (χ1n) is 9.74. The zero-order chi connectivity index (χ0) is 19.3. The van der Waals surface area contributed by atoms with Gasteiger partial charge in [0.1, 0.15) is 5.82 Å². The third-order valence-electron chi connectivity index (χ3n) is 5.42. The second-order valence-corrected chi connectivity index (χ2v) is 7.61. The minimum atomic E-state index is -0.545. The monoisotopic (exact) mass is 369 g/mol. The Labute approximate surface area is 160 Å². The normalized spacial score (nSPS) is 15.9. The largest absolute Gasteiger partial charge is 0.374 e. The number of carbonyl (C=O) groups is 1. The molecular formula is C23H28FNO2. The van der Waals surface area contributed by atoms with Gasteiger partial charge in [0.15, 0.2) is 0 Å². The molecule has 2 aromatic carbocycles. The topological polar surface area (TPSA) is 38.3 Å². The van der Waals surface area contributed by atoms with E-state index < -0.39 is 5.41 Å². The van der Waals surface area contributed by atoms with Crippen LogP contribution >= 0.6 is 0 Å². The summed E-state index contributed by atoms with van der Waals surface area (Å²) in [5.74, 6) is -0.238. The lowest BCUT2D eigenvalue weighted by atomic mass is 9.78. The van der Waals surface area contributed by atoms with Crippen molar-refractivity contribution in [2.45, 2.75) is 64.2 Å². The summed E-state index contributed by atoms with van der Waals surface area (Å²) in [6, 6.07) is 14.4. The average molecular weight is 369 g/mol. The molecule has 1 fully saturated rings. The zero-order valence-corrected chi connectivity index (χ0v) is 16.1. The van der Waals surface area contributed by atoms with Gasteiger partial charge in [0.05, 0.1) is 18.1 Å². The Hall–Kier alpha value is -2.20. The van der Waals surface area contributed by atoms with Crippen LogP contribution in [0.2, 0.25) is 0 Å². The molecule has 0 bridgehead atoms. The van der Waals surface area contributed by atoms with E-state index in [9.17, 15) is 9.18 Å². The molecule has 0 radical (unpaired) electrons. The summed E-state index contributed by atoms with van der Waals surface area (Å²) in [4.78, 5) is 13.2. The molecule has 4 heteroatoms. The predicted molar refractivity (Wildman–Crippen MR) is 105 cm³/mol. The van der Waals surface area contributed by atoms with E-state index in [1.54, 1.807) is 12.1 Å². The van der Waals surface area contributed by atoms with Gasteiger partial charge in [-0.1, -0.05) is 49.2 Å². The van der Waals surface area contributed by atoms with Crippen LogP contribution < -0.4 is 5.32 Å². The summed E-state index contributed by atoms with van der Waals surface area (Å²) in [6.45, 7) is 5.03. The van der Waals surface area contributed by atoms with E-state index in [1.165, 1.54) is 12.1 Å². The molecule has 0 atom stereocenters. The Morgan fingerprint density at radius 1 is 1.07 bits per heavy atom. The van der Waals surface area contributed by atoms with Crippen molar-refractivity contribution in [1.82, 2.24) is 5.32 Å². The standard InChI is InChI=1S/C23H28FNO2/c1-17(2)27-16-19-8-4-3-7-18(19)15-25-22(26)23(13-5-6-14-23)20-9-11-21(24)12-10-20/h3-4,7-12,17H,5-6,13-16H2,1-2H3,(H,25,26). The molecule has 1 saturated carbocycles. The van der Waals surface area contributed by atoms with Gasteiger partial charge in [0.2, 0.25) is 5.91 Å². The Bertz CT molecular complexity index is 764. The maximum absolute atomic E-state index is 13.3. The fourth-order valence-corrected chi connectivity index (χ4v) is 3.87. The van der Waals surface area contributed by atoms with Crippen molar-refractivity contribution in [3.8, 4) is 0 Å². The highest BCUT2D eigenvalue weighted by Gasteiger charge is 2.42. The molecule has 3 rings (SSSR count). The maximum atomic E-state index is 13.3. The number of hydrogen-bond donors (Lipinski definition) is 1. The summed E-state index contributed by atoms with van der Waals surface area (Å²) in [6.07, 6.45) is 3.81. The molecule has 0 aromatic heterocycles. The van der Waals surface area contributed by atoms with Crippen molar-refractivity contribution >= 4 is 5.91 Å². The molecule has 0 heterocycles. The van der Waals surface area contributed by atoms with Crippen LogP contribution in [0.1, 0.15) is 56.2 Å². The van der Waals surface area contributed by atoms with Crippen molar-refractivity contribution in [3.63, 3.8) is 0 Å².